The number of ketones is 1. The number of allylic oxidation sites excluding steroid dienone is 3. The molecule has 0 aromatic rings. The van der Waals surface area contributed by atoms with E-state index in [9.17, 15) is 24.6 Å². The van der Waals surface area contributed by atoms with Gasteiger partial charge in [-0.1, -0.05) is 39.8 Å². The van der Waals surface area contributed by atoms with Gasteiger partial charge in [0.15, 0.2) is 11.6 Å². The summed E-state index contributed by atoms with van der Waals surface area (Å²) in [5, 5.41) is 26.2. The summed E-state index contributed by atoms with van der Waals surface area (Å²) in [5.74, 6) is -0.680. The van der Waals surface area contributed by atoms with E-state index in [0.717, 1.165) is 76.2 Å². The first-order chi connectivity index (χ1) is 23.7. The van der Waals surface area contributed by atoms with Crippen LogP contribution in [0.5, 0.6) is 0 Å². The van der Waals surface area contributed by atoms with Crippen LogP contribution < -0.4 is 10.6 Å². The molecule has 3 heterocycles. The Morgan fingerprint density at radius 1 is 0.900 bits per heavy atom. The molecular weight excluding hydrogens is 636 g/mol. The highest BCUT2D eigenvalue weighted by molar-refractivity contribution is 5.89. The van der Waals surface area contributed by atoms with Crippen molar-refractivity contribution in [2.75, 3.05) is 13.1 Å². The van der Waals surface area contributed by atoms with E-state index in [1.54, 1.807) is 26.0 Å². The molecule has 4 N–H and O–H groups in total. The normalized spacial score (nSPS) is 31.6. The monoisotopic (exact) mass is 704 g/mol. The second-order valence-electron chi connectivity index (χ2n) is 15.7. The van der Waals surface area contributed by atoms with E-state index in [2.05, 4.69) is 30.6 Å². The summed E-state index contributed by atoms with van der Waals surface area (Å²) in [6, 6.07) is 0. The van der Waals surface area contributed by atoms with Gasteiger partial charge in [0.25, 0.3) is 0 Å². The van der Waals surface area contributed by atoms with Crippen LogP contribution >= 0.6 is 0 Å². The minimum atomic E-state index is -1.02. The highest BCUT2D eigenvalue weighted by Gasteiger charge is 2.44. The summed E-state index contributed by atoms with van der Waals surface area (Å²) in [6.45, 7) is 14.2. The van der Waals surface area contributed by atoms with Gasteiger partial charge >= 0.3 is 0 Å². The summed E-state index contributed by atoms with van der Waals surface area (Å²) >= 11 is 0. The fraction of sp³-hybridized carbons (Fsp3) is 0.825. The zero-order chi connectivity index (χ0) is 36.8. The van der Waals surface area contributed by atoms with Crippen LogP contribution in [0.1, 0.15) is 132 Å². The lowest BCUT2D eigenvalue weighted by Crippen LogP contribution is -2.50. The molecule has 286 valence electrons. The quantitative estimate of drug-likeness (QED) is 0.0782. The van der Waals surface area contributed by atoms with Crippen LogP contribution in [0.3, 0.4) is 0 Å². The van der Waals surface area contributed by atoms with Gasteiger partial charge in [0, 0.05) is 32.4 Å². The van der Waals surface area contributed by atoms with Crippen molar-refractivity contribution in [1.29, 1.82) is 0 Å². The van der Waals surface area contributed by atoms with Gasteiger partial charge < -0.3 is 35.1 Å². The van der Waals surface area contributed by atoms with Crippen LogP contribution in [-0.2, 0) is 28.6 Å². The summed E-state index contributed by atoms with van der Waals surface area (Å²) in [4.78, 5) is 37.6. The summed E-state index contributed by atoms with van der Waals surface area (Å²) < 4.78 is 19.5. The molecule has 50 heavy (non-hydrogen) atoms. The Bertz CT molecular complexity index is 1140. The van der Waals surface area contributed by atoms with Gasteiger partial charge in [-0.2, -0.15) is 0 Å². The topological polar surface area (TPSA) is 143 Å². The van der Waals surface area contributed by atoms with E-state index in [1.165, 1.54) is 0 Å². The van der Waals surface area contributed by atoms with Gasteiger partial charge in [0.1, 0.15) is 0 Å². The SMILES string of the molecule is C/C=C/C(=O)C[C@@H]1CC[C@@H](C)[C@H](CC(=O)NC[C@H](O)[C@@H](C)C(=O)NCCC[C@H]2O[C@@]3(CCC[C@@H](CC[C@H](C)/C=C(\C)[C@H](C)O)O3)CC[C@@H]2C)O1. The van der Waals surface area contributed by atoms with Gasteiger partial charge in [-0.25, -0.2) is 0 Å². The number of aliphatic hydroxyl groups is 2. The number of carbonyl (C=O) groups excluding carboxylic acids is 3. The van der Waals surface area contributed by atoms with Gasteiger partial charge in [0.05, 0.1) is 49.0 Å². The first kappa shape index (κ1) is 42.3. The van der Waals surface area contributed by atoms with E-state index < -0.39 is 23.9 Å². The number of aliphatic hydroxyl groups excluding tert-OH is 2. The smallest absolute Gasteiger partial charge is 0.225 e. The molecule has 10 heteroatoms. The predicted octanol–water partition coefficient (Wildman–Crippen LogP) is 5.93. The lowest BCUT2D eigenvalue weighted by atomic mass is 9.85. The number of rotatable bonds is 18. The third-order valence-corrected chi connectivity index (χ3v) is 11.2. The standard InChI is InChI=1S/C40H68N2O8/c1-8-11-32(44)23-34-17-15-27(3)37(48-34)24-38(46)42-25-35(45)30(6)39(47)41-21-10-13-36-28(4)18-20-40(50-36)19-9-12-33(49-40)16-14-26(2)22-29(5)31(7)43/h8,11,22,26-28,30-31,33-37,43,45H,9-10,12-21,23-25H2,1-7H3,(H,41,47)(H,42,46)/b11-8+,29-22+/t26-,27+,28-,30+,31-,33-,34-,35-,36+,37-,40-/m0/s1. The molecule has 11 atom stereocenters. The molecule has 0 aromatic heterocycles. The molecule has 10 nitrogen and oxygen atoms in total. The largest absolute Gasteiger partial charge is 0.390 e. The maximum absolute atomic E-state index is 12.9. The number of carbonyl (C=O) groups is 3. The van der Waals surface area contributed by atoms with Crippen molar-refractivity contribution in [3.05, 3.63) is 23.8 Å². The third kappa shape index (κ3) is 13.8. The average molecular weight is 705 g/mol. The molecule has 3 aliphatic heterocycles. The molecule has 3 aliphatic rings. The number of hydrogen-bond acceptors (Lipinski definition) is 8. The molecule has 0 aliphatic carbocycles. The highest BCUT2D eigenvalue weighted by atomic mass is 16.7. The van der Waals surface area contributed by atoms with Gasteiger partial charge in [0.2, 0.25) is 11.8 Å². The molecule has 3 fully saturated rings. The maximum Gasteiger partial charge on any atom is 0.225 e. The fourth-order valence-electron chi connectivity index (χ4n) is 7.51. The Hall–Kier alpha value is -2.11. The summed E-state index contributed by atoms with van der Waals surface area (Å²) in [7, 11) is 0. The Labute approximate surface area is 301 Å². The minimum Gasteiger partial charge on any atom is -0.390 e. The van der Waals surface area contributed by atoms with Gasteiger partial charge in [-0.3, -0.25) is 14.4 Å². The minimum absolute atomic E-state index is 0.0223. The summed E-state index contributed by atoms with van der Waals surface area (Å²) in [6.07, 6.45) is 14.5. The Morgan fingerprint density at radius 3 is 2.36 bits per heavy atom. The van der Waals surface area contributed by atoms with Crippen LogP contribution in [0.15, 0.2) is 23.8 Å². The number of nitrogens with one attached hydrogen (secondary N) is 2. The zero-order valence-electron chi connectivity index (χ0n) is 32.0. The van der Waals surface area contributed by atoms with Crippen molar-refractivity contribution in [2.24, 2.45) is 23.7 Å². The molecule has 0 aromatic carbocycles. The van der Waals surface area contributed by atoms with Crippen LogP contribution in [0.2, 0.25) is 0 Å². The Morgan fingerprint density at radius 2 is 1.64 bits per heavy atom. The zero-order valence-corrected chi connectivity index (χ0v) is 32.0. The number of hydrogen-bond donors (Lipinski definition) is 4. The van der Waals surface area contributed by atoms with E-state index in [-0.39, 0.29) is 60.9 Å². The van der Waals surface area contributed by atoms with Crippen molar-refractivity contribution in [3.8, 4) is 0 Å². The van der Waals surface area contributed by atoms with E-state index in [1.807, 2.05) is 20.8 Å². The van der Waals surface area contributed by atoms with Crippen molar-refractivity contribution >= 4 is 17.6 Å². The van der Waals surface area contributed by atoms with Crippen molar-refractivity contribution in [2.45, 2.75) is 174 Å². The lowest BCUT2D eigenvalue weighted by molar-refractivity contribution is -0.324. The Balaban J connectivity index is 1.36. The van der Waals surface area contributed by atoms with Crippen molar-refractivity contribution in [1.82, 2.24) is 10.6 Å². The van der Waals surface area contributed by atoms with Gasteiger partial charge in [-0.05, 0) is 108 Å². The number of amides is 2. The van der Waals surface area contributed by atoms with E-state index >= 15 is 0 Å². The van der Waals surface area contributed by atoms with Gasteiger partial charge in [-0.15, -0.1) is 0 Å². The molecule has 0 unspecified atom stereocenters. The molecule has 0 saturated carbocycles. The Kier molecular flexibility index (Phi) is 17.6. The second kappa shape index (κ2) is 20.8. The predicted molar refractivity (Wildman–Crippen MR) is 195 cm³/mol. The number of ether oxygens (including phenoxy) is 3. The molecule has 3 rings (SSSR count). The molecule has 2 amide bonds. The lowest BCUT2D eigenvalue weighted by Gasteiger charge is -2.48. The third-order valence-electron chi connectivity index (χ3n) is 11.2. The molecular formula is C40H68N2O8. The van der Waals surface area contributed by atoms with Crippen LogP contribution in [-0.4, -0.2) is 83.3 Å². The van der Waals surface area contributed by atoms with E-state index in [4.69, 9.17) is 14.2 Å². The van der Waals surface area contributed by atoms with Crippen molar-refractivity contribution in [3.63, 3.8) is 0 Å². The second-order valence-corrected chi connectivity index (χ2v) is 15.7. The van der Waals surface area contributed by atoms with Crippen LogP contribution in [0.25, 0.3) is 0 Å². The molecule has 0 radical (unpaired) electrons. The first-order valence-corrected chi connectivity index (χ1v) is 19.5. The van der Waals surface area contributed by atoms with E-state index in [0.29, 0.717) is 24.8 Å². The first-order valence-electron chi connectivity index (χ1n) is 19.5. The molecule has 1 spiro atoms. The van der Waals surface area contributed by atoms with Crippen LogP contribution in [0.4, 0.5) is 0 Å². The highest BCUT2D eigenvalue weighted by Crippen LogP contribution is 2.43. The van der Waals surface area contributed by atoms with Crippen molar-refractivity contribution < 1.29 is 38.8 Å². The molecule has 0 bridgehead atoms. The average Bonchev–Trinajstić information content (AvgIpc) is 3.07. The van der Waals surface area contributed by atoms with Crippen LogP contribution in [0, 0.1) is 23.7 Å². The molecule has 3 saturated heterocycles. The summed E-state index contributed by atoms with van der Waals surface area (Å²) in [5.41, 5.74) is 1.01. The maximum atomic E-state index is 12.9. The fourth-order valence-corrected chi connectivity index (χ4v) is 7.51.